The highest BCUT2D eigenvalue weighted by Gasteiger charge is 2.04. The standard InChI is InChI=1S/C8H13BrN2O/c1-3-12-5-4-8-7(9)6-10-11(8)2/h6H,3-5H2,1-2H3. The molecule has 0 aromatic carbocycles. The van der Waals surface area contributed by atoms with Gasteiger partial charge in [0.15, 0.2) is 0 Å². The zero-order valence-electron chi connectivity index (χ0n) is 7.38. The van der Waals surface area contributed by atoms with Gasteiger partial charge in [0.2, 0.25) is 0 Å². The summed E-state index contributed by atoms with van der Waals surface area (Å²) in [4.78, 5) is 0. The number of halogens is 1. The van der Waals surface area contributed by atoms with Crippen molar-refractivity contribution in [3.63, 3.8) is 0 Å². The lowest BCUT2D eigenvalue weighted by Crippen LogP contribution is -2.04. The minimum absolute atomic E-state index is 0.759. The van der Waals surface area contributed by atoms with Gasteiger partial charge >= 0.3 is 0 Å². The summed E-state index contributed by atoms with van der Waals surface area (Å²) >= 11 is 3.43. The highest BCUT2D eigenvalue weighted by atomic mass is 79.9. The van der Waals surface area contributed by atoms with Crippen LogP contribution in [0, 0.1) is 0 Å². The van der Waals surface area contributed by atoms with Crippen LogP contribution in [0.1, 0.15) is 12.6 Å². The van der Waals surface area contributed by atoms with Gasteiger partial charge < -0.3 is 4.74 Å². The molecule has 0 aliphatic heterocycles. The minimum atomic E-state index is 0.759. The van der Waals surface area contributed by atoms with Crippen LogP contribution in [0.5, 0.6) is 0 Å². The van der Waals surface area contributed by atoms with Crippen LogP contribution in [0.2, 0.25) is 0 Å². The molecule has 0 fully saturated rings. The van der Waals surface area contributed by atoms with Crippen LogP contribution in [-0.2, 0) is 18.2 Å². The first-order chi connectivity index (χ1) is 5.75. The van der Waals surface area contributed by atoms with Crippen molar-refractivity contribution < 1.29 is 4.74 Å². The lowest BCUT2D eigenvalue weighted by molar-refractivity contribution is 0.149. The number of aryl methyl sites for hydroxylation is 1. The van der Waals surface area contributed by atoms with Gasteiger partial charge in [-0.15, -0.1) is 0 Å². The smallest absolute Gasteiger partial charge is 0.0635 e. The fraction of sp³-hybridized carbons (Fsp3) is 0.625. The normalized spacial score (nSPS) is 10.6. The fourth-order valence-electron chi connectivity index (χ4n) is 1.03. The molecule has 4 heteroatoms. The Morgan fingerprint density at radius 1 is 1.67 bits per heavy atom. The van der Waals surface area contributed by atoms with Crippen molar-refractivity contribution in [1.29, 1.82) is 0 Å². The van der Waals surface area contributed by atoms with Gasteiger partial charge in [0.25, 0.3) is 0 Å². The Labute approximate surface area is 80.8 Å². The quantitative estimate of drug-likeness (QED) is 0.741. The summed E-state index contributed by atoms with van der Waals surface area (Å²) in [5, 5.41) is 4.11. The van der Waals surface area contributed by atoms with E-state index in [9.17, 15) is 0 Å². The van der Waals surface area contributed by atoms with Gasteiger partial charge in [-0.05, 0) is 22.9 Å². The van der Waals surface area contributed by atoms with Crippen molar-refractivity contribution >= 4 is 15.9 Å². The van der Waals surface area contributed by atoms with E-state index in [4.69, 9.17) is 4.74 Å². The second-order valence-electron chi connectivity index (χ2n) is 2.51. The fourth-order valence-corrected chi connectivity index (χ4v) is 1.58. The average molecular weight is 233 g/mol. The van der Waals surface area contributed by atoms with Gasteiger partial charge in [0.1, 0.15) is 0 Å². The molecule has 0 bridgehead atoms. The average Bonchev–Trinajstić information content (AvgIpc) is 2.35. The first kappa shape index (κ1) is 9.74. The van der Waals surface area contributed by atoms with E-state index in [1.807, 2.05) is 18.7 Å². The van der Waals surface area contributed by atoms with Crippen molar-refractivity contribution in [3.05, 3.63) is 16.4 Å². The summed E-state index contributed by atoms with van der Waals surface area (Å²) in [6.07, 6.45) is 2.71. The summed E-state index contributed by atoms with van der Waals surface area (Å²) in [6.45, 7) is 3.53. The molecule has 0 N–H and O–H groups in total. The molecule has 0 saturated carbocycles. The third-order valence-electron chi connectivity index (χ3n) is 1.70. The molecule has 68 valence electrons. The first-order valence-electron chi connectivity index (χ1n) is 3.99. The third kappa shape index (κ3) is 2.32. The van der Waals surface area contributed by atoms with Gasteiger partial charge in [-0.1, -0.05) is 0 Å². The van der Waals surface area contributed by atoms with Crippen molar-refractivity contribution in [2.75, 3.05) is 13.2 Å². The van der Waals surface area contributed by atoms with E-state index in [-0.39, 0.29) is 0 Å². The lowest BCUT2D eigenvalue weighted by Gasteiger charge is -2.02. The Bertz CT molecular complexity index is 228. The molecule has 1 aromatic rings. The van der Waals surface area contributed by atoms with E-state index in [1.165, 1.54) is 5.69 Å². The molecule has 3 nitrogen and oxygen atoms in total. The Balaban J connectivity index is 2.50. The van der Waals surface area contributed by atoms with Crippen LogP contribution in [0.15, 0.2) is 10.7 Å². The van der Waals surface area contributed by atoms with Gasteiger partial charge in [-0.3, -0.25) is 4.68 Å². The second kappa shape index (κ2) is 4.62. The largest absolute Gasteiger partial charge is 0.381 e. The SMILES string of the molecule is CCOCCc1c(Br)cnn1C. The number of rotatable bonds is 4. The number of ether oxygens (including phenoxy) is 1. The van der Waals surface area contributed by atoms with Gasteiger partial charge in [0.05, 0.1) is 23.0 Å². The van der Waals surface area contributed by atoms with Crippen molar-refractivity contribution in [1.82, 2.24) is 9.78 Å². The molecule has 1 aromatic heterocycles. The molecule has 0 unspecified atom stereocenters. The predicted molar refractivity (Wildman–Crippen MR) is 51.1 cm³/mol. The molecule has 0 aliphatic rings. The number of aromatic nitrogens is 2. The van der Waals surface area contributed by atoms with Gasteiger partial charge in [0, 0.05) is 20.1 Å². The zero-order valence-corrected chi connectivity index (χ0v) is 8.97. The summed E-state index contributed by atoms with van der Waals surface area (Å²) in [5.74, 6) is 0. The monoisotopic (exact) mass is 232 g/mol. The van der Waals surface area contributed by atoms with Gasteiger partial charge in [-0.2, -0.15) is 5.10 Å². The maximum atomic E-state index is 5.25. The predicted octanol–water partition coefficient (Wildman–Crippen LogP) is 1.76. The van der Waals surface area contributed by atoms with E-state index >= 15 is 0 Å². The molecule has 0 aliphatic carbocycles. The van der Waals surface area contributed by atoms with E-state index in [1.54, 1.807) is 6.20 Å². The summed E-state index contributed by atoms with van der Waals surface area (Å²) in [5.41, 5.74) is 1.18. The second-order valence-corrected chi connectivity index (χ2v) is 3.36. The Morgan fingerprint density at radius 2 is 2.42 bits per heavy atom. The summed E-state index contributed by atoms with van der Waals surface area (Å²) < 4.78 is 8.18. The molecular formula is C8H13BrN2O. The molecule has 1 heterocycles. The molecule has 0 saturated heterocycles. The van der Waals surface area contributed by atoms with Crippen LogP contribution in [0.25, 0.3) is 0 Å². The summed E-state index contributed by atoms with van der Waals surface area (Å²) in [6, 6.07) is 0. The van der Waals surface area contributed by atoms with Crippen molar-refractivity contribution in [2.45, 2.75) is 13.3 Å². The van der Waals surface area contributed by atoms with Crippen LogP contribution in [0.3, 0.4) is 0 Å². The topological polar surface area (TPSA) is 27.1 Å². The Hall–Kier alpha value is -0.350. The zero-order chi connectivity index (χ0) is 8.97. The maximum Gasteiger partial charge on any atom is 0.0635 e. The number of hydrogen-bond donors (Lipinski definition) is 0. The van der Waals surface area contributed by atoms with Crippen LogP contribution in [-0.4, -0.2) is 23.0 Å². The van der Waals surface area contributed by atoms with E-state index in [0.29, 0.717) is 0 Å². The molecule has 1 rings (SSSR count). The summed E-state index contributed by atoms with van der Waals surface area (Å²) in [7, 11) is 1.94. The molecular weight excluding hydrogens is 220 g/mol. The van der Waals surface area contributed by atoms with Gasteiger partial charge in [-0.25, -0.2) is 0 Å². The first-order valence-corrected chi connectivity index (χ1v) is 4.79. The lowest BCUT2D eigenvalue weighted by atomic mass is 10.3. The molecule has 0 spiro atoms. The molecule has 12 heavy (non-hydrogen) atoms. The van der Waals surface area contributed by atoms with E-state index in [2.05, 4.69) is 21.0 Å². The minimum Gasteiger partial charge on any atom is -0.381 e. The molecule has 0 amide bonds. The maximum absolute atomic E-state index is 5.25. The van der Waals surface area contributed by atoms with Crippen molar-refractivity contribution in [2.24, 2.45) is 7.05 Å². The molecule has 0 radical (unpaired) electrons. The molecule has 0 atom stereocenters. The highest BCUT2D eigenvalue weighted by Crippen LogP contribution is 2.15. The van der Waals surface area contributed by atoms with Crippen LogP contribution in [0.4, 0.5) is 0 Å². The Morgan fingerprint density at radius 3 is 2.92 bits per heavy atom. The van der Waals surface area contributed by atoms with Crippen molar-refractivity contribution in [3.8, 4) is 0 Å². The highest BCUT2D eigenvalue weighted by molar-refractivity contribution is 9.10. The number of hydrogen-bond acceptors (Lipinski definition) is 2. The third-order valence-corrected chi connectivity index (χ3v) is 2.36. The number of nitrogens with zero attached hydrogens (tertiary/aromatic N) is 2. The van der Waals surface area contributed by atoms with Crippen LogP contribution < -0.4 is 0 Å². The Kier molecular flexibility index (Phi) is 3.75. The van der Waals surface area contributed by atoms with E-state index in [0.717, 1.165) is 24.1 Å². The van der Waals surface area contributed by atoms with E-state index < -0.39 is 0 Å². The van der Waals surface area contributed by atoms with Crippen LogP contribution >= 0.6 is 15.9 Å².